The highest BCUT2D eigenvalue weighted by Crippen LogP contribution is 2.37. The molecule has 6 N–H and O–H groups in total. The lowest BCUT2D eigenvalue weighted by molar-refractivity contribution is 0.0549. The van der Waals surface area contributed by atoms with Crippen LogP contribution in [0.2, 0.25) is 0 Å². The van der Waals surface area contributed by atoms with Crippen molar-refractivity contribution in [3.05, 3.63) is 41.7 Å². The molecule has 0 aliphatic heterocycles. The molecular formula is C16H16F2N4O4S2. The van der Waals surface area contributed by atoms with E-state index in [1.54, 1.807) is 0 Å². The number of aromatic nitrogens is 2. The number of thiazole rings is 1. The third-order valence-electron chi connectivity index (χ3n) is 3.56. The van der Waals surface area contributed by atoms with Gasteiger partial charge in [0.2, 0.25) is 5.06 Å². The number of ether oxygens (including phenoxy) is 1. The number of nitrogens with zero attached hydrogens (tertiary/aromatic N) is 2. The highest BCUT2D eigenvalue weighted by molar-refractivity contribution is 7.18. The van der Waals surface area contributed by atoms with E-state index in [1.807, 2.05) is 0 Å². The topological polar surface area (TPSA) is 134 Å². The second-order valence-corrected chi connectivity index (χ2v) is 7.38. The minimum absolute atomic E-state index is 0.00445. The van der Waals surface area contributed by atoms with E-state index in [2.05, 4.69) is 14.7 Å². The smallest absolute Gasteiger partial charge is 0.217 e. The number of aliphatic hydroxyl groups is 3. The molecule has 3 aromatic rings. The van der Waals surface area contributed by atoms with Crippen LogP contribution in [0.3, 0.4) is 0 Å². The summed E-state index contributed by atoms with van der Waals surface area (Å²) < 4.78 is 37.2. The molecule has 150 valence electrons. The van der Waals surface area contributed by atoms with Gasteiger partial charge in [0.15, 0.2) is 6.23 Å². The van der Waals surface area contributed by atoms with Gasteiger partial charge in [-0.05, 0) is 12.1 Å². The number of aliphatic hydroxyl groups excluding tert-OH is 3. The fraction of sp³-hybridized carbons (Fsp3) is 0.250. The van der Waals surface area contributed by atoms with Crippen molar-refractivity contribution in [2.75, 3.05) is 24.3 Å². The Balaban J connectivity index is 1.79. The molecule has 0 spiro atoms. The summed E-state index contributed by atoms with van der Waals surface area (Å²) in [4.78, 5) is 4.07. The molecule has 1 aromatic carbocycles. The molecule has 0 bridgehead atoms. The Morgan fingerprint density at radius 2 is 1.96 bits per heavy atom. The maximum absolute atomic E-state index is 14.0. The van der Waals surface area contributed by atoms with Crippen molar-refractivity contribution in [1.29, 1.82) is 0 Å². The molecule has 2 aromatic heterocycles. The summed E-state index contributed by atoms with van der Waals surface area (Å²) in [6.45, 7) is -0.631. The second kappa shape index (κ2) is 8.75. The van der Waals surface area contributed by atoms with Gasteiger partial charge in [0.25, 0.3) is 0 Å². The molecule has 3 rings (SSSR count). The second-order valence-electron chi connectivity index (χ2n) is 5.59. The molecule has 2 heterocycles. The van der Waals surface area contributed by atoms with Crippen LogP contribution in [-0.2, 0) is 0 Å². The van der Waals surface area contributed by atoms with E-state index in [1.165, 1.54) is 12.3 Å². The standard InChI is InChI=1S/C16H16F2N4O4S2/c17-8-2-1-3-9(18)11(8)15-22-12(13(19)27-15)14(25)21-10-4-20-28-16(10)26-6-7(24)5-23/h1-4,7,14,21,23-25H,5-6,19H2. The molecule has 0 aliphatic carbocycles. The number of nitrogens with one attached hydrogen (secondary N) is 1. The molecule has 0 fully saturated rings. The van der Waals surface area contributed by atoms with Crippen molar-refractivity contribution in [1.82, 2.24) is 9.36 Å². The number of nitrogens with two attached hydrogens (primary N) is 1. The van der Waals surface area contributed by atoms with E-state index in [4.69, 9.17) is 15.6 Å². The van der Waals surface area contributed by atoms with Gasteiger partial charge < -0.3 is 31.1 Å². The molecule has 28 heavy (non-hydrogen) atoms. The lowest BCUT2D eigenvalue weighted by atomic mass is 10.2. The van der Waals surface area contributed by atoms with Crippen molar-refractivity contribution in [3.63, 3.8) is 0 Å². The number of rotatable bonds is 8. The Bertz CT molecular complexity index is 932. The van der Waals surface area contributed by atoms with Crippen LogP contribution in [0.5, 0.6) is 5.06 Å². The van der Waals surface area contributed by atoms with E-state index < -0.39 is 30.6 Å². The molecule has 2 atom stereocenters. The van der Waals surface area contributed by atoms with Crippen LogP contribution >= 0.6 is 22.9 Å². The maximum atomic E-state index is 14.0. The van der Waals surface area contributed by atoms with E-state index in [-0.39, 0.29) is 32.9 Å². The van der Waals surface area contributed by atoms with Crippen molar-refractivity contribution in [2.24, 2.45) is 0 Å². The Hall–Kier alpha value is -2.38. The van der Waals surface area contributed by atoms with Gasteiger partial charge in [-0.15, -0.1) is 0 Å². The summed E-state index contributed by atoms with van der Waals surface area (Å²) in [6, 6.07) is 3.44. The lowest BCUT2D eigenvalue weighted by Gasteiger charge is -2.14. The van der Waals surface area contributed by atoms with Gasteiger partial charge in [-0.3, -0.25) is 0 Å². The molecule has 2 unspecified atom stereocenters. The first-order chi connectivity index (χ1) is 13.4. The Morgan fingerprint density at radius 3 is 2.64 bits per heavy atom. The van der Waals surface area contributed by atoms with Gasteiger partial charge in [-0.2, -0.15) is 4.37 Å². The Kier molecular flexibility index (Phi) is 6.36. The zero-order valence-electron chi connectivity index (χ0n) is 14.2. The van der Waals surface area contributed by atoms with Crippen LogP contribution in [-0.4, -0.2) is 44.0 Å². The molecule has 0 aliphatic rings. The van der Waals surface area contributed by atoms with Gasteiger partial charge in [-0.25, -0.2) is 13.8 Å². The van der Waals surface area contributed by atoms with Gasteiger partial charge in [-0.1, -0.05) is 17.4 Å². The molecule has 8 nitrogen and oxygen atoms in total. The summed E-state index contributed by atoms with van der Waals surface area (Å²) in [7, 11) is 0. The van der Waals surface area contributed by atoms with Gasteiger partial charge >= 0.3 is 0 Å². The van der Waals surface area contributed by atoms with Crippen LogP contribution in [0.25, 0.3) is 10.6 Å². The first-order valence-corrected chi connectivity index (χ1v) is 9.51. The van der Waals surface area contributed by atoms with E-state index in [9.17, 15) is 19.0 Å². The summed E-state index contributed by atoms with van der Waals surface area (Å²) >= 11 is 1.80. The van der Waals surface area contributed by atoms with E-state index in [0.29, 0.717) is 5.69 Å². The SMILES string of the molecule is Nc1sc(-c2c(F)cccc2F)nc1C(O)Nc1cnsc1OCC(O)CO. The van der Waals surface area contributed by atoms with Crippen molar-refractivity contribution >= 4 is 33.6 Å². The summed E-state index contributed by atoms with van der Waals surface area (Å²) in [5, 5.41) is 31.6. The Labute approximate surface area is 166 Å². The minimum Gasteiger partial charge on any atom is -0.479 e. The van der Waals surface area contributed by atoms with Crippen LogP contribution in [0.1, 0.15) is 11.9 Å². The van der Waals surface area contributed by atoms with Crippen LogP contribution in [0.15, 0.2) is 24.4 Å². The largest absolute Gasteiger partial charge is 0.479 e. The zero-order valence-corrected chi connectivity index (χ0v) is 15.8. The van der Waals surface area contributed by atoms with Crippen molar-refractivity contribution < 1.29 is 28.8 Å². The quantitative estimate of drug-likeness (QED) is 0.343. The predicted molar refractivity (Wildman–Crippen MR) is 101 cm³/mol. The number of nitrogen functional groups attached to an aromatic ring is 1. The maximum Gasteiger partial charge on any atom is 0.217 e. The number of halogens is 2. The number of anilines is 2. The number of hydrogen-bond acceptors (Lipinski definition) is 10. The van der Waals surface area contributed by atoms with Crippen LogP contribution < -0.4 is 15.8 Å². The minimum atomic E-state index is -1.40. The first-order valence-electron chi connectivity index (χ1n) is 7.92. The molecule has 0 saturated carbocycles. The van der Waals surface area contributed by atoms with E-state index >= 15 is 0 Å². The zero-order chi connectivity index (χ0) is 20.3. The monoisotopic (exact) mass is 430 g/mol. The third kappa shape index (κ3) is 4.36. The number of hydrogen-bond donors (Lipinski definition) is 5. The van der Waals surface area contributed by atoms with Gasteiger partial charge in [0.1, 0.15) is 45.7 Å². The fourth-order valence-corrected chi connectivity index (χ4v) is 3.71. The molecule has 0 amide bonds. The summed E-state index contributed by atoms with van der Waals surface area (Å²) in [6.07, 6.45) is -1.08. The molecule has 0 radical (unpaired) electrons. The highest BCUT2D eigenvalue weighted by atomic mass is 32.1. The average Bonchev–Trinajstić information content (AvgIpc) is 3.26. The van der Waals surface area contributed by atoms with Gasteiger partial charge in [0, 0.05) is 11.5 Å². The summed E-state index contributed by atoms with van der Waals surface area (Å²) in [5.41, 5.74) is 5.84. The third-order valence-corrected chi connectivity index (χ3v) is 5.20. The molecular weight excluding hydrogens is 414 g/mol. The van der Waals surface area contributed by atoms with E-state index in [0.717, 1.165) is 35.0 Å². The van der Waals surface area contributed by atoms with Crippen LogP contribution in [0.4, 0.5) is 19.5 Å². The first kappa shape index (κ1) is 20.4. The van der Waals surface area contributed by atoms with Crippen molar-refractivity contribution in [3.8, 4) is 15.6 Å². The number of benzene rings is 1. The summed E-state index contributed by atoms with van der Waals surface area (Å²) in [5.74, 6) is -1.58. The van der Waals surface area contributed by atoms with Gasteiger partial charge in [0.05, 0.1) is 18.4 Å². The lowest BCUT2D eigenvalue weighted by Crippen LogP contribution is -2.21. The molecule has 12 heteroatoms. The molecule has 0 saturated heterocycles. The van der Waals surface area contributed by atoms with Crippen molar-refractivity contribution in [2.45, 2.75) is 12.3 Å². The highest BCUT2D eigenvalue weighted by Gasteiger charge is 2.23. The fourth-order valence-electron chi connectivity index (χ4n) is 2.22. The average molecular weight is 430 g/mol. The van der Waals surface area contributed by atoms with Crippen LogP contribution in [0, 0.1) is 11.6 Å². The Morgan fingerprint density at radius 1 is 1.25 bits per heavy atom. The normalized spacial score (nSPS) is 13.3. The predicted octanol–water partition coefficient (Wildman–Crippen LogP) is 1.96.